The van der Waals surface area contributed by atoms with Crippen molar-refractivity contribution >= 4 is 5.91 Å². The van der Waals surface area contributed by atoms with Gasteiger partial charge in [-0.3, -0.25) is 4.79 Å². The fourth-order valence-electron chi connectivity index (χ4n) is 1.29. The summed E-state index contributed by atoms with van der Waals surface area (Å²) in [5, 5.41) is 6.30. The Labute approximate surface area is 88.2 Å². The average Bonchev–Trinajstić information content (AvgIpc) is 2.75. The number of nitrogens with two attached hydrogens (primary N) is 1. The van der Waals surface area contributed by atoms with Crippen LogP contribution < -0.4 is 11.1 Å². The van der Waals surface area contributed by atoms with Crippen LogP contribution in [0.2, 0.25) is 0 Å². The van der Waals surface area contributed by atoms with Crippen molar-refractivity contribution in [1.82, 2.24) is 15.5 Å². The van der Waals surface area contributed by atoms with E-state index in [2.05, 4.69) is 20.0 Å². The zero-order valence-corrected chi connectivity index (χ0v) is 8.77. The number of hydrogen-bond acceptors (Lipinski definition) is 5. The molecule has 0 bridgehead atoms. The molecule has 6 nitrogen and oxygen atoms in total. The molecule has 1 aromatic heterocycles. The molecule has 1 amide bonds. The maximum atomic E-state index is 11.6. The molecule has 0 aliphatic carbocycles. The summed E-state index contributed by atoms with van der Waals surface area (Å²) in [6.45, 7) is 2.68. The molecule has 0 fully saturated rings. The third kappa shape index (κ3) is 3.67. The van der Waals surface area contributed by atoms with Crippen LogP contribution in [0.25, 0.3) is 0 Å². The molecule has 84 valence electrons. The van der Waals surface area contributed by atoms with E-state index >= 15 is 0 Å². The Morgan fingerprint density at radius 3 is 3.07 bits per heavy atom. The molecule has 3 N–H and O–H groups in total. The molecule has 0 aliphatic rings. The molecule has 1 rings (SSSR count). The third-order valence-electron chi connectivity index (χ3n) is 2.12. The SMILES string of the molecule is CCCC(CN)C(=O)NCc1ncon1. The number of hydrogen-bond donors (Lipinski definition) is 2. The first-order valence-corrected chi connectivity index (χ1v) is 5.01. The first-order valence-electron chi connectivity index (χ1n) is 5.01. The van der Waals surface area contributed by atoms with Crippen LogP contribution in [0.5, 0.6) is 0 Å². The Bertz CT molecular complexity index is 286. The molecular formula is C9H16N4O2. The van der Waals surface area contributed by atoms with Crippen molar-refractivity contribution in [2.75, 3.05) is 6.54 Å². The fourth-order valence-corrected chi connectivity index (χ4v) is 1.29. The molecular weight excluding hydrogens is 196 g/mol. The van der Waals surface area contributed by atoms with Gasteiger partial charge in [0.2, 0.25) is 12.3 Å². The fraction of sp³-hybridized carbons (Fsp3) is 0.667. The minimum Gasteiger partial charge on any atom is -0.348 e. The van der Waals surface area contributed by atoms with E-state index in [1.807, 2.05) is 6.92 Å². The summed E-state index contributed by atoms with van der Waals surface area (Å²) in [7, 11) is 0. The van der Waals surface area contributed by atoms with Gasteiger partial charge in [-0.2, -0.15) is 4.98 Å². The quantitative estimate of drug-likeness (QED) is 0.695. The molecule has 0 aromatic carbocycles. The van der Waals surface area contributed by atoms with Crippen LogP contribution in [0.4, 0.5) is 0 Å². The van der Waals surface area contributed by atoms with E-state index in [0.717, 1.165) is 12.8 Å². The number of aromatic nitrogens is 2. The van der Waals surface area contributed by atoms with Gasteiger partial charge in [-0.05, 0) is 6.42 Å². The second-order valence-corrected chi connectivity index (χ2v) is 3.29. The van der Waals surface area contributed by atoms with Crippen LogP contribution in [0.3, 0.4) is 0 Å². The summed E-state index contributed by atoms with van der Waals surface area (Å²) in [6, 6.07) is 0. The highest BCUT2D eigenvalue weighted by molar-refractivity contribution is 5.78. The summed E-state index contributed by atoms with van der Waals surface area (Å²) in [5.41, 5.74) is 5.50. The largest absolute Gasteiger partial charge is 0.348 e. The molecule has 1 unspecified atom stereocenters. The zero-order valence-electron chi connectivity index (χ0n) is 8.77. The molecule has 0 spiro atoms. The smallest absolute Gasteiger partial charge is 0.224 e. The first-order chi connectivity index (χ1) is 7.27. The monoisotopic (exact) mass is 212 g/mol. The van der Waals surface area contributed by atoms with E-state index in [1.165, 1.54) is 6.39 Å². The van der Waals surface area contributed by atoms with Crippen LogP contribution in [0, 0.1) is 5.92 Å². The second-order valence-electron chi connectivity index (χ2n) is 3.29. The Morgan fingerprint density at radius 1 is 1.73 bits per heavy atom. The number of amides is 1. The molecule has 0 aliphatic heterocycles. The van der Waals surface area contributed by atoms with Gasteiger partial charge in [0.05, 0.1) is 12.5 Å². The number of nitrogens with zero attached hydrogens (tertiary/aromatic N) is 2. The van der Waals surface area contributed by atoms with Gasteiger partial charge in [0.25, 0.3) is 0 Å². The number of carbonyl (C=O) groups is 1. The summed E-state index contributed by atoms with van der Waals surface area (Å²) in [5.74, 6) is 0.293. The minimum absolute atomic E-state index is 0.0517. The molecule has 1 heterocycles. The van der Waals surface area contributed by atoms with E-state index in [1.54, 1.807) is 0 Å². The molecule has 0 saturated carbocycles. The van der Waals surface area contributed by atoms with Crippen LogP contribution >= 0.6 is 0 Å². The van der Waals surface area contributed by atoms with Gasteiger partial charge in [0, 0.05) is 6.54 Å². The maximum Gasteiger partial charge on any atom is 0.224 e. The van der Waals surface area contributed by atoms with Crippen molar-refractivity contribution in [1.29, 1.82) is 0 Å². The lowest BCUT2D eigenvalue weighted by Crippen LogP contribution is -2.34. The summed E-state index contributed by atoms with van der Waals surface area (Å²) in [4.78, 5) is 15.4. The molecule has 1 atom stereocenters. The molecule has 0 saturated heterocycles. The highest BCUT2D eigenvalue weighted by Gasteiger charge is 2.15. The normalized spacial score (nSPS) is 12.4. The van der Waals surface area contributed by atoms with E-state index in [4.69, 9.17) is 5.73 Å². The van der Waals surface area contributed by atoms with E-state index in [-0.39, 0.29) is 18.4 Å². The topological polar surface area (TPSA) is 94.0 Å². The van der Waals surface area contributed by atoms with Crippen LogP contribution in [-0.4, -0.2) is 22.6 Å². The lowest BCUT2D eigenvalue weighted by Gasteiger charge is -2.12. The molecule has 1 aromatic rings. The number of rotatable bonds is 6. The Morgan fingerprint density at radius 2 is 2.53 bits per heavy atom. The summed E-state index contributed by atoms with van der Waals surface area (Å²) >= 11 is 0. The van der Waals surface area contributed by atoms with Crippen molar-refractivity contribution in [2.24, 2.45) is 11.7 Å². The predicted molar refractivity (Wildman–Crippen MR) is 53.6 cm³/mol. The lowest BCUT2D eigenvalue weighted by molar-refractivity contribution is -0.125. The van der Waals surface area contributed by atoms with Crippen molar-refractivity contribution in [2.45, 2.75) is 26.3 Å². The van der Waals surface area contributed by atoms with Gasteiger partial charge in [0.15, 0.2) is 5.82 Å². The van der Waals surface area contributed by atoms with Crippen molar-refractivity contribution in [3.63, 3.8) is 0 Å². The van der Waals surface area contributed by atoms with Gasteiger partial charge in [-0.15, -0.1) is 0 Å². The molecule has 6 heteroatoms. The minimum atomic E-state index is -0.123. The van der Waals surface area contributed by atoms with Crippen molar-refractivity contribution in [3.05, 3.63) is 12.2 Å². The highest BCUT2D eigenvalue weighted by Crippen LogP contribution is 2.04. The number of nitrogens with one attached hydrogen (secondary N) is 1. The van der Waals surface area contributed by atoms with Crippen LogP contribution in [0.1, 0.15) is 25.6 Å². The summed E-state index contributed by atoms with van der Waals surface area (Å²) in [6.07, 6.45) is 2.97. The average molecular weight is 212 g/mol. The third-order valence-corrected chi connectivity index (χ3v) is 2.12. The first kappa shape index (κ1) is 11.6. The van der Waals surface area contributed by atoms with Gasteiger partial charge in [-0.25, -0.2) is 0 Å². The molecule has 15 heavy (non-hydrogen) atoms. The molecule has 0 radical (unpaired) electrons. The van der Waals surface area contributed by atoms with Gasteiger partial charge in [0.1, 0.15) is 0 Å². The van der Waals surface area contributed by atoms with Gasteiger partial charge >= 0.3 is 0 Å². The van der Waals surface area contributed by atoms with Crippen LogP contribution in [0.15, 0.2) is 10.9 Å². The van der Waals surface area contributed by atoms with E-state index in [9.17, 15) is 4.79 Å². The van der Waals surface area contributed by atoms with Gasteiger partial charge < -0.3 is 15.6 Å². The standard InChI is InChI=1S/C9H16N4O2/c1-2-3-7(4-10)9(14)11-5-8-12-6-15-13-8/h6-7H,2-5,10H2,1H3,(H,11,14). The Kier molecular flexibility index (Phi) is 4.76. The highest BCUT2D eigenvalue weighted by atomic mass is 16.5. The number of carbonyl (C=O) groups excluding carboxylic acids is 1. The zero-order chi connectivity index (χ0) is 11.1. The van der Waals surface area contributed by atoms with Crippen LogP contribution in [-0.2, 0) is 11.3 Å². The Hall–Kier alpha value is -1.43. The van der Waals surface area contributed by atoms with Crippen molar-refractivity contribution in [3.8, 4) is 0 Å². The van der Waals surface area contributed by atoms with Crippen molar-refractivity contribution < 1.29 is 9.32 Å². The maximum absolute atomic E-state index is 11.6. The predicted octanol–water partition coefficient (Wildman–Crippen LogP) is 0.0608. The summed E-state index contributed by atoms with van der Waals surface area (Å²) < 4.78 is 4.54. The lowest BCUT2D eigenvalue weighted by atomic mass is 10.0. The Balaban J connectivity index is 2.34. The van der Waals surface area contributed by atoms with E-state index in [0.29, 0.717) is 12.4 Å². The van der Waals surface area contributed by atoms with E-state index < -0.39 is 0 Å². The second kappa shape index (κ2) is 6.13. The van der Waals surface area contributed by atoms with Gasteiger partial charge in [-0.1, -0.05) is 18.5 Å².